The number of pyridine rings is 1. The number of fused-ring (bicyclic) bond motifs is 3. The van der Waals surface area contributed by atoms with Gasteiger partial charge in [-0.15, -0.1) is 0 Å². The van der Waals surface area contributed by atoms with E-state index in [0.29, 0.717) is 0 Å². The van der Waals surface area contributed by atoms with E-state index in [-0.39, 0.29) is 18.4 Å². The molecule has 1 N–H and O–H groups in total. The summed E-state index contributed by atoms with van der Waals surface area (Å²) in [6.45, 7) is 1.98. The Morgan fingerprint density at radius 1 is 1.19 bits per heavy atom. The second kappa shape index (κ2) is 7.59. The summed E-state index contributed by atoms with van der Waals surface area (Å²) in [5.74, 6) is -0.0561. The van der Waals surface area contributed by atoms with Crippen molar-refractivity contribution in [2.24, 2.45) is 14.1 Å². The molecule has 1 aromatic carbocycles. The molecule has 9 heteroatoms. The Bertz CT molecular complexity index is 1410. The summed E-state index contributed by atoms with van der Waals surface area (Å²) < 4.78 is 3.81. The third-order valence-corrected chi connectivity index (χ3v) is 6.23. The number of amides is 1. The summed E-state index contributed by atoms with van der Waals surface area (Å²) in [6, 6.07) is 7.98. The smallest absolute Gasteiger partial charge is 0.226 e. The highest BCUT2D eigenvalue weighted by Crippen LogP contribution is 2.33. The van der Waals surface area contributed by atoms with E-state index >= 15 is 0 Å². The molecular formula is C22H21N7OS. The van der Waals surface area contributed by atoms with Crippen LogP contribution in [0.25, 0.3) is 32.0 Å². The van der Waals surface area contributed by atoms with E-state index in [2.05, 4.69) is 26.3 Å². The standard InChI is InChI=1S/C22H21N7OS/c1-13(26-18(30)8-16-10-28(2)11-24-16)14-5-4-6-15(7-14)21-27-19-20-17(25-12-29(20)3)9-23-22(19)31-21/h4-7,9-13H,8H2,1-3H3,(H,26,30)/t13-/m0/s1. The van der Waals surface area contributed by atoms with Gasteiger partial charge in [-0.1, -0.05) is 29.5 Å². The number of thiazole rings is 1. The molecule has 0 saturated carbocycles. The van der Waals surface area contributed by atoms with Gasteiger partial charge in [0.1, 0.15) is 20.9 Å². The number of hydrogen-bond acceptors (Lipinski definition) is 6. The molecule has 0 spiro atoms. The largest absolute Gasteiger partial charge is 0.349 e. The molecule has 1 amide bonds. The molecule has 0 unspecified atom stereocenters. The Morgan fingerprint density at radius 2 is 2.06 bits per heavy atom. The van der Waals surface area contributed by atoms with Crippen molar-refractivity contribution >= 4 is 38.6 Å². The molecule has 0 saturated heterocycles. The fourth-order valence-electron chi connectivity index (χ4n) is 3.67. The number of aryl methyl sites for hydroxylation is 2. The van der Waals surface area contributed by atoms with Crippen molar-refractivity contribution in [3.8, 4) is 10.6 Å². The molecule has 0 bridgehead atoms. The zero-order valence-electron chi connectivity index (χ0n) is 17.4. The van der Waals surface area contributed by atoms with Crippen LogP contribution < -0.4 is 5.32 Å². The van der Waals surface area contributed by atoms with Gasteiger partial charge in [-0.05, 0) is 18.6 Å². The van der Waals surface area contributed by atoms with E-state index in [1.54, 1.807) is 30.2 Å². The third kappa shape index (κ3) is 3.68. The molecule has 1 atom stereocenters. The van der Waals surface area contributed by atoms with Gasteiger partial charge in [0.25, 0.3) is 0 Å². The van der Waals surface area contributed by atoms with Crippen LogP contribution in [0, 0.1) is 0 Å². The maximum Gasteiger partial charge on any atom is 0.226 e. The second-order valence-electron chi connectivity index (χ2n) is 7.64. The molecule has 5 aromatic rings. The van der Waals surface area contributed by atoms with E-state index in [1.807, 2.05) is 54.5 Å². The monoisotopic (exact) mass is 431 g/mol. The molecular weight excluding hydrogens is 410 g/mol. The Morgan fingerprint density at radius 3 is 2.87 bits per heavy atom. The molecule has 156 valence electrons. The van der Waals surface area contributed by atoms with Gasteiger partial charge in [0, 0.05) is 25.9 Å². The van der Waals surface area contributed by atoms with Gasteiger partial charge < -0.3 is 14.5 Å². The number of nitrogens with one attached hydrogen (secondary N) is 1. The molecule has 0 radical (unpaired) electrons. The highest BCUT2D eigenvalue weighted by molar-refractivity contribution is 7.21. The van der Waals surface area contributed by atoms with Crippen LogP contribution in [0.1, 0.15) is 24.2 Å². The van der Waals surface area contributed by atoms with Crippen LogP contribution in [0.3, 0.4) is 0 Å². The zero-order chi connectivity index (χ0) is 21.5. The molecule has 0 aliphatic carbocycles. The molecule has 0 aliphatic rings. The first kappa shape index (κ1) is 19.4. The minimum absolute atomic E-state index is 0.0561. The lowest BCUT2D eigenvalue weighted by Gasteiger charge is -2.14. The summed E-state index contributed by atoms with van der Waals surface area (Å²) >= 11 is 1.55. The lowest BCUT2D eigenvalue weighted by Crippen LogP contribution is -2.28. The van der Waals surface area contributed by atoms with Crippen molar-refractivity contribution in [3.05, 3.63) is 60.6 Å². The molecule has 0 fully saturated rings. The minimum atomic E-state index is -0.132. The molecule has 4 heterocycles. The van der Waals surface area contributed by atoms with Gasteiger partial charge in [0.2, 0.25) is 5.91 Å². The first-order valence-corrected chi connectivity index (χ1v) is 10.7. The minimum Gasteiger partial charge on any atom is -0.349 e. The Hall–Kier alpha value is -3.59. The van der Waals surface area contributed by atoms with Crippen LogP contribution in [-0.2, 0) is 25.3 Å². The van der Waals surface area contributed by atoms with Crippen LogP contribution in [0.5, 0.6) is 0 Å². The van der Waals surface area contributed by atoms with Crippen molar-refractivity contribution in [2.75, 3.05) is 0 Å². The lowest BCUT2D eigenvalue weighted by atomic mass is 10.1. The van der Waals surface area contributed by atoms with E-state index in [1.165, 1.54) is 0 Å². The van der Waals surface area contributed by atoms with Crippen LogP contribution in [0.4, 0.5) is 0 Å². The Balaban J connectivity index is 1.40. The number of benzene rings is 1. The second-order valence-corrected chi connectivity index (χ2v) is 8.62. The Labute approximate surface area is 182 Å². The maximum absolute atomic E-state index is 12.4. The number of carbonyl (C=O) groups is 1. The molecule has 31 heavy (non-hydrogen) atoms. The normalized spacial score (nSPS) is 12.5. The quantitative estimate of drug-likeness (QED) is 0.461. The van der Waals surface area contributed by atoms with Crippen molar-refractivity contribution in [1.82, 2.24) is 34.4 Å². The molecule has 0 aliphatic heterocycles. The van der Waals surface area contributed by atoms with Crippen molar-refractivity contribution in [3.63, 3.8) is 0 Å². The molecule has 8 nitrogen and oxygen atoms in total. The topological polar surface area (TPSA) is 90.5 Å². The van der Waals surface area contributed by atoms with Gasteiger partial charge in [0.15, 0.2) is 0 Å². The highest BCUT2D eigenvalue weighted by Gasteiger charge is 2.16. The summed E-state index contributed by atoms with van der Waals surface area (Å²) in [4.78, 5) is 31.3. The number of hydrogen-bond donors (Lipinski definition) is 1. The number of rotatable bonds is 5. The van der Waals surface area contributed by atoms with Gasteiger partial charge in [-0.25, -0.2) is 19.9 Å². The van der Waals surface area contributed by atoms with E-state index in [9.17, 15) is 4.79 Å². The molecule has 4 aromatic heterocycles. The number of aromatic nitrogens is 6. The first-order valence-electron chi connectivity index (χ1n) is 9.91. The number of imidazole rings is 2. The fraction of sp³-hybridized carbons (Fsp3) is 0.227. The lowest BCUT2D eigenvalue weighted by molar-refractivity contribution is -0.121. The van der Waals surface area contributed by atoms with Gasteiger partial charge in [0.05, 0.1) is 42.5 Å². The average molecular weight is 432 g/mol. The maximum atomic E-state index is 12.4. The van der Waals surface area contributed by atoms with Crippen LogP contribution in [-0.4, -0.2) is 35.0 Å². The fourth-order valence-corrected chi connectivity index (χ4v) is 4.58. The van der Waals surface area contributed by atoms with Crippen LogP contribution in [0.2, 0.25) is 0 Å². The zero-order valence-corrected chi connectivity index (χ0v) is 18.2. The number of nitrogens with zero attached hydrogens (tertiary/aromatic N) is 6. The van der Waals surface area contributed by atoms with Crippen molar-refractivity contribution in [1.29, 1.82) is 0 Å². The van der Waals surface area contributed by atoms with Gasteiger partial charge in [-0.2, -0.15) is 0 Å². The first-order chi connectivity index (χ1) is 15.0. The SMILES string of the molecule is C[C@H](NC(=O)Cc1cn(C)cn1)c1cccc(-c2nc3c(ncc4ncn(C)c43)s2)c1. The summed E-state index contributed by atoms with van der Waals surface area (Å²) in [5, 5.41) is 3.95. The van der Waals surface area contributed by atoms with Crippen LogP contribution in [0.15, 0.2) is 49.3 Å². The van der Waals surface area contributed by atoms with E-state index in [4.69, 9.17) is 4.98 Å². The van der Waals surface area contributed by atoms with Crippen molar-refractivity contribution < 1.29 is 4.79 Å². The number of carbonyl (C=O) groups excluding carboxylic acids is 1. The molecule has 5 rings (SSSR count). The highest BCUT2D eigenvalue weighted by atomic mass is 32.1. The van der Waals surface area contributed by atoms with Gasteiger partial charge in [-0.3, -0.25) is 4.79 Å². The van der Waals surface area contributed by atoms with Crippen LogP contribution >= 0.6 is 11.3 Å². The summed E-state index contributed by atoms with van der Waals surface area (Å²) in [6.07, 6.45) is 7.37. The average Bonchev–Trinajstić information content (AvgIpc) is 3.46. The summed E-state index contributed by atoms with van der Waals surface area (Å²) in [7, 11) is 3.85. The Kier molecular flexibility index (Phi) is 4.74. The predicted molar refractivity (Wildman–Crippen MR) is 121 cm³/mol. The predicted octanol–water partition coefficient (Wildman–Crippen LogP) is 3.40. The summed E-state index contributed by atoms with van der Waals surface area (Å²) in [5.41, 5.74) is 5.46. The van der Waals surface area contributed by atoms with Gasteiger partial charge >= 0.3 is 0 Å². The van der Waals surface area contributed by atoms with E-state index in [0.717, 1.165) is 43.2 Å². The third-order valence-electron chi connectivity index (χ3n) is 5.21. The van der Waals surface area contributed by atoms with Crippen molar-refractivity contribution in [2.45, 2.75) is 19.4 Å². The van der Waals surface area contributed by atoms with E-state index < -0.39 is 0 Å².